The molecule has 0 amide bonds. The van der Waals surface area contributed by atoms with E-state index in [9.17, 15) is 0 Å². The molecule has 3 rings (SSSR count). The van der Waals surface area contributed by atoms with Crippen molar-refractivity contribution in [1.29, 1.82) is 0 Å². The van der Waals surface area contributed by atoms with Gasteiger partial charge in [0, 0.05) is 18.2 Å². The van der Waals surface area contributed by atoms with E-state index in [0.717, 1.165) is 16.9 Å². The van der Waals surface area contributed by atoms with Gasteiger partial charge in [-0.15, -0.1) is 5.06 Å². The van der Waals surface area contributed by atoms with E-state index >= 15 is 0 Å². The summed E-state index contributed by atoms with van der Waals surface area (Å²) in [4.78, 5) is 6.56. The van der Waals surface area contributed by atoms with Crippen LogP contribution in [0.2, 0.25) is 18.1 Å². The first-order valence-corrected chi connectivity index (χ1v) is 14.6. The van der Waals surface area contributed by atoms with E-state index in [2.05, 4.69) is 77.2 Å². The molecule has 0 fully saturated rings. The maximum atomic E-state index is 6.70. The summed E-state index contributed by atoms with van der Waals surface area (Å²) in [6.07, 6.45) is -0.145. The van der Waals surface area contributed by atoms with Gasteiger partial charge in [-0.1, -0.05) is 81.4 Å². The molecule has 33 heavy (non-hydrogen) atoms. The summed E-state index contributed by atoms with van der Waals surface area (Å²) in [5.41, 5.74) is 3.34. The van der Waals surface area contributed by atoms with Crippen LogP contribution in [-0.2, 0) is 25.3 Å². The lowest BCUT2D eigenvalue weighted by atomic mass is 9.99. The van der Waals surface area contributed by atoms with E-state index in [4.69, 9.17) is 18.7 Å². The van der Waals surface area contributed by atoms with Gasteiger partial charge in [-0.25, -0.2) is 0 Å². The quantitative estimate of drug-likeness (QED) is 0.304. The smallest absolute Gasteiger partial charge is 0.192 e. The van der Waals surface area contributed by atoms with Crippen LogP contribution in [-0.4, -0.2) is 46.0 Å². The SMILES string of the molecule is COCO[C@@H](C)[C@H]1C(CO[Si](C)(C)C(C)(C)C)=C(c2ccccc2)ON1Cc1ccccc1. The van der Waals surface area contributed by atoms with Crippen molar-refractivity contribution >= 4 is 14.1 Å². The minimum Gasteiger partial charge on any atom is -0.413 e. The second-order valence-corrected chi connectivity index (χ2v) is 15.0. The lowest BCUT2D eigenvalue weighted by Gasteiger charge is -2.37. The first kappa shape index (κ1) is 25.7. The Morgan fingerprint density at radius 2 is 1.61 bits per heavy atom. The monoisotopic (exact) mass is 469 g/mol. The number of ether oxygens (including phenoxy) is 2. The third-order valence-corrected chi connectivity index (χ3v) is 11.2. The topological polar surface area (TPSA) is 40.2 Å². The lowest BCUT2D eigenvalue weighted by molar-refractivity contribution is -0.154. The van der Waals surface area contributed by atoms with Gasteiger partial charge < -0.3 is 18.7 Å². The van der Waals surface area contributed by atoms with Crippen LogP contribution in [0, 0.1) is 0 Å². The Morgan fingerprint density at radius 3 is 2.18 bits per heavy atom. The first-order chi connectivity index (χ1) is 15.6. The molecule has 1 heterocycles. The van der Waals surface area contributed by atoms with Crippen LogP contribution in [0.4, 0.5) is 0 Å². The van der Waals surface area contributed by atoms with Gasteiger partial charge in [-0.3, -0.25) is 0 Å². The van der Waals surface area contributed by atoms with Gasteiger partial charge in [0.05, 0.1) is 25.3 Å². The van der Waals surface area contributed by atoms with Crippen molar-refractivity contribution in [1.82, 2.24) is 5.06 Å². The van der Waals surface area contributed by atoms with Crippen molar-refractivity contribution in [2.75, 3.05) is 20.5 Å². The number of benzene rings is 2. The molecule has 0 N–H and O–H groups in total. The van der Waals surface area contributed by atoms with Crippen molar-refractivity contribution in [2.45, 2.75) is 64.5 Å². The Labute approximate surface area is 200 Å². The summed E-state index contributed by atoms with van der Waals surface area (Å²) in [6.45, 7) is 14.8. The Morgan fingerprint density at radius 1 is 1.00 bits per heavy atom. The minimum absolute atomic E-state index is 0.0969. The van der Waals surface area contributed by atoms with Crippen LogP contribution in [0.5, 0.6) is 0 Å². The molecule has 0 spiro atoms. The number of nitrogens with zero attached hydrogens (tertiary/aromatic N) is 1. The molecule has 2 aromatic carbocycles. The van der Waals surface area contributed by atoms with Crippen molar-refractivity contribution in [2.24, 2.45) is 0 Å². The summed E-state index contributed by atoms with van der Waals surface area (Å²) in [5, 5.41) is 2.15. The highest BCUT2D eigenvalue weighted by Gasteiger charge is 2.43. The predicted molar refractivity (Wildman–Crippen MR) is 136 cm³/mol. The van der Waals surface area contributed by atoms with E-state index in [0.29, 0.717) is 13.2 Å². The molecule has 0 radical (unpaired) electrons. The molecular formula is C27H39NO4Si. The van der Waals surface area contributed by atoms with Gasteiger partial charge in [-0.05, 0) is 30.6 Å². The van der Waals surface area contributed by atoms with Crippen molar-refractivity contribution < 1.29 is 18.7 Å². The molecule has 2 atom stereocenters. The molecule has 0 aliphatic carbocycles. The van der Waals surface area contributed by atoms with Crippen molar-refractivity contribution in [3.05, 3.63) is 77.4 Å². The Hall–Kier alpha value is -1.96. The molecule has 180 valence electrons. The summed E-state index contributed by atoms with van der Waals surface area (Å²) in [7, 11) is -0.317. The fourth-order valence-electron chi connectivity index (χ4n) is 3.67. The zero-order valence-corrected chi connectivity index (χ0v) is 22.1. The summed E-state index contributed by atoms with van der Waals surface area (Å²) >= 11 is 0. The third kappa shape index (κ3) is 6.34. The fraction of sp³-hybridized carbons (Fsp3) is 0.481. The highest BCUT2D eigenvalue weighted by atomic mass is 28.4. The predicted octanol–water partition coefficient (Wildman–Crippen LogP) is 6.24. The van der Waals surface area contributed by atoms with E-state index in [1.807, 2.05) is 29.3 Å². The Bertz CT molecular complexity index is 909. The molecule has 0 bridgehead atoms. The minimum atomic E-state index is -1.96. The van der Waals surface area contributed by atoms with Crippen LogP contribution in [0.3, 0.4) is 0 Å². The van der Waals surface area contributed by atoms with Crippen LogP contribution in [0.25, 0.3) is 5.76 Å². The van der Waals surface area contributed by atoms with Crippen LogP contribution < -0.4 is 0 Å². The highest BCUT2D eigenvalue weighted by Crippen LogP contribution is 2.40. The molecule has 5 nitrogen and oxygen atoms in total. The number of hydroxylamine groups is 2. The number of methoxy groups -OCH3 is 1. The molecule has 6 heteroatoms. The molecule has 0 saturated heterocycles. The van der Waals surface area contributed by atoms with Gasteiger partial charge in [0.1, 0.15) is 6.79 Å². The molecule has 2 aromatic rings. The lowest BCUT2D eigenvalue weighted by Crippen LogP contribution is -2.44. The maximum Gasteiger partial charge on any atom is 0.192 e. The van der Waals surface area contributed by atoms with Gasteiger partial charge in [0.2, 0.25) is 0 Å². The fourth-order valence-corrected chi connectivity index (χ4v) is 4.62. The van der Waals surface area contributed by atoms with Gasteiger partial charge in [0.25, 0.3) is 0 Å². The average molecular weight is 470 g/mol. The summed E-state index contributed by atoms with van der Waals surface area (Å²) in [6, 6.07) is 20.6. The molecule has 1 aliphatic heterocycles. The number of hydrogen-bond acceptors (Lipinski definition) is 5. The summed E-state index contributed by atoms with van der Waals surface area (Å²) < 4.78 is 17.9. The van der Waals surface area contributed by atoms with E-state index in [-0.39, 0.29) is 24.0 Å². The molecule has 0 aromatic heterocycles. The maximum absolute atomic E-state index is 6.70. The van der Waals surface area contributed by atoms with Gasteiger partial charge in [0.15, 0.2) is 14.1 Å². The number of rotatable bonds is 10. The van der Waals surface area contributed by atoms with E-state index in [1.165, 1.54) is 5.56 Å². The van der Waals surface area contributed by atoms with Crippen LogP contribution in [0.15, 0.2) is 66.2 Å². The first-order valence-electron chi connectivity index (χ1n) is 11.7. The molecule has 1 aliphatic rings. The van der Waals surface area contributed by atoms with Crippen LogP contribution >= 0.6 is 0 Å². The molecule has 0 saturated carbocycles. The van der Waals surface area contributed by atoms with Gasteiger partial charge >= 0.3 is 0 Å². The Balaban J connectivity index is 1.99. The molecular weight excluding hydrogens is 430 g/mol. The van der Waals surface area contributed by atoms with Crippen molar-refractivity contribution in [3.8, 4) is 0 Å². The second kappa shape index (κ2) is 11.0. The van der Waals surface area contributed by atoms with Gasteiger partial charge in [-0.2, -0.15) is 0 Å². The van der Waals surface area contributed by atoms with Crippen molar-refractivity contribution in [3.63, 3.8) is 0 Å². The average Bonchev–Trinajstić information content (AvgIpc) is 3.14. The highest BCUT2D eigenvalue weighted by molar-refractivity contribution is 6.74. The zero-order valence-electron chi connectivity index (χ0n) is 21.1. The Kier molecular flexibility index (Phi) is 8.53. The number of hydrogen-bond donors (Lipinski definition) is 0. The summed E-state index contributed by atoms with van der Waals surface area (Å²) in [5.74, 6) is 0.864. The largest absolute Gasteiger partial charge is 0.413 e. The van der Waals surface area contributed by atoms with E-state index < -0.39 is 8.32 Å². The second-order valence-electron chi connectivity index (χ2n) is 10.1. The third-order valence-electron chi connectivity index (χ3n) is 6.67. The van der Waals surface area contributed by atoms with Crippen LogP contribution in [0.1, 0.15) is 38.8 Å². The standard InChI is InChI=1S/C27H39NO4Si/c1-21(30-20-29-5)25-24(19-31-33(6,7)27(2,3)4)26(23-16-12-9-13-17-23)32-28(25)18-22-14-10-8-11-15-22/h8-17,21,25H,18-20H2,1-7H3/t21-,25-/m0/s1. The van der Waals surface area contributed by atoms with E-state index in [1.54, 1.807) is 7.11 Å². The zero-order chi connectivity index (χ0) is 24.1. The normalized spacial score (nSPS) is 18.5. The molecule has 0 unspecified atom stereocenters.